The monoisotopic (exact) mass is 439 g/mol. The van der Waals surface area contributed by atoms with Gasteiger partial charge in [0.1, 0.15) is 0 Å². The van der Waals surface area contributed by atoms with Crippen LogP contribution in [0, 0.1) is 12.8 Å². The zero-order valence-corrected chi connectivity index (χ0v) is 17.5. The third kappa shape index (κ3) is 4.11. The van der Waals surface area contributed by atoms with Crippen molar-refractivity contribution in [3.05, 3.63) is 60.0 Å². The molecule has 32 heavy (non-hydrogen) atoms. The lowest BCUT2D eigenvalue weighted by Gasteiger charge is -2.16. The Hall–Kier alpha value is -3.95. The third-order valence-electron chi connectivity index (χ3n) is 4.91. The molecule has 0 spiro atoms. The quantitative estimate of drug-likeness (QED) is 0.603. The predicted octanol–water partition coefficient (Wildman–Crippen LogP) is 4.13. The van der Waals surface area contributed by atoms with Gasteiger partial charge in [0, 0.05) is 30.7 Å². The van der Waals surface area contributed by atoms with Crippen LogP contribution in [0.4, 0.5) is 20.2 Å². The van der Waals surface area contributed by atoms with Crippen molar-refractivity contribution in [3.8, 4) is 11.4 Å². The van der Waals surface area contributed by atoms with Crippen LogP contribution in [0.1, 0.15) is 25.3 Å². The summed E-state index contributed by atoms with van der Waals surface area (Å²) in [6, 6.07) is 12.1. The van der Waals surface area contributed by atoms with Gasteiger partial charge >= 0.3 is 0 Å². The van der Waals surface area contributed by atoms with Gasteiger partial charge in [0.25, 0.3) is 11.8 Å². The van der Waals surface area contributed by atoms with E-state index in [0.29, 0.717) is 23.0 Å². The molecule has 1 unspecified atom stereocenters. The second kappa shape index (κ2) is 7.95. The van der Waals surface area contributed by atoms with Crippen molar-refractivity contribution >= 4 is 28.9 Å². The Balaban J connectivity index is 1.55. The maximum atomic E-state index is 13.6. The van der Waals surface area contributed by atoms with Crippen LogP contribution in [0.5, 0.6) is 0 Å². The van der Waals surface area contributed by atoms with Crippen molar-refractivity contribution in [2.75, 3.05) is 10.3 Å². The number of nitrogens with zero attached hydrogens (tertiary/aromatic N) is 4. The summed E-state index contributed by atoms with van der Waals surface area (Å²) in [5.41, 5.74) is 1.25. The molecule has 0 fully saturated rings. The number of rotatable bonds is 5. The maximum Gasteiger partial charge on any atom is 0.270 e. The number of hydrogen-bond donors (Lipinski definition) is 1. The zero-order chi connectivity index (χ0) is 23.0. The Morgan fingerprint density at radius 2 is 1.91 bits per heavy atom. The number of alkyl halides is 2. The van der Waals surface area contributed by atoms with Crippen molar-refractivity contribution < 1.29 is 22.9 Å². The SMILES string of the molecule is CC1=NN(c2cccc(-c3noc(C)n3)c2)C(=O)C1C(=O)Nc1cccc(C(C)(F)F)c1. The Bertz CT molecular complexity index is 1230. The molecule has 2 aromatic carbocycles. The molecule has 8 nitrogen and oxygen atoms in total. The van der Waals surface area contributed by atoms with Crippen LogP contribution >= 0.6 is 0 Å². The van der Waals surface area contributed by atoms with Crippen molar-refractivity contribution in [1.29, 1.82) is 0 Å². The van der Waals surface area contributed by atoms with Crippen molar-refractivity contribution in [2.24, 2.45) is 11.0 Å². The molecule has 0 radical (unpaired) electrons. The first-order valence-electron chi connectivity index (χ1n) is 9.72. The van der Waals surface area contributed by atoms with E-state index in [4.69, 9.17) is 4.52 Å². The standard InChI is InChI=1S/C22H19F2N5O3/c1-12-18(20(30)26-16-8-5-7-15(11-16)22(3,23)24)21(31)29(27-12)17-9-4-6-14(10-17)19-25-13(2)32-28-19/h4-11,18H,1-3H3,(H,26,30). The second-order valence-electron chi connectivity index (χ2n) is 7.47. The molecule has 2 amide bonds. The average Bonchev–Trinajstić information content (AvgIpc) is 3.30. The molecule has 4 rings (SSSR count). The van der Waals surface area contributed by atoms with Crippen LogP contribution in [-0.2, 0) is 15.5 Å². The highest BCUT2D eigenvalue weighted by Crippen LogP contribution is 2.30. The van der Waals surface area contributed by atoms with E-state index < -0.39 is 23.7 Å². The molecule has 1 atom stereocenters. The molecule has 0 saturated carbocycles. The molecule has 1 aliphatic rings. The minimum atomic E-state index is -3.06. The lowest BCUT2D eigenvalue weighted by atomic mass is 10.0. The average molecular weight is 439 g/mol. The van der Waals surface area contributed by atoms with E-state index >= 15 is 0 Å². The minimum Gasteiger partial charge on any atom is -0.339 e. The van der Waals surface area contributed by atoms with Gasteiger partial charge in [-0.25, -0.2) is 8.78 Å². The number of carbonyl (C=O) groups is 2. The first-order valence-corrected chi connectivity index (χ1v) is 9.72. The summed E-state index contributed by atoms with van der Waals surface area (Å²) in [7, 11) is 0. The van der Waals surface area contributed by atoms with Crippen LogP contribution in [0.25, 0.3) is 11.4 Å². The molecule has 0 bridgehead atoms. The number of anilines is 2. The highest BCUT2D eigenvalue weighted by Gasteiger charge is 2.40. The van der Waals surface area contributed by atoms with E-state index in [1.165, 1.54) is 24.3 Å². The van der Waals surface area contributed by atoms with Crippen LogP contribution in [0.15, 0.2) is 58.2 Å². The smallest absolute Gasteiger partial charge is 0.270 e. The number of hydrogen-bond acceptors (Lipinski definition) is 6. The highest BCUT2D eigenvalue weighted by molar-refractivity contribution is 6.28. The molecule has 1 N–H and O–H groups in total. The number of amides is 2. The number of carbonyl (C=O) groups excluding carboxylic acids is 2. The third-order valence-corrected chi connectivity index (χ3v) is 4.91. The van der Waals surface area contributed by atoms with Gasteiger partial charge in [0.2, 0.25) is 17.6 Å². The number of nitrogens with one attached hydrogen (secondary N) is 1. The molecule has 1 aliphatic heterocycles. The lowest BCUT2D eigenvalue weighted by molar-refractivity contribution is -0.127. The van der Waals surface area contributed by atoms with Gasteiger partial charge in [0.15, 0.2) is 5.92 Å². The number of aryl methyl sites for hydroxylation is 1. The molecule has 10 heteroatoms. The van der Waals surface area contributed by atoms with Gasteiger partial charge in [-0.05, 0) is 31.2 Å². The fourth-order valence-corrected chi connectivity index (χ4v) is 3.33. The number of benzene rings is 2. The van der Waals surface area contributed by atoms with Crippen molar-refractivity contribution in [2.45, 2.75) is 26.7 Å². The van der Waals surface area contributed by atoms with Gasteiger partial charge < -0.3 is 9.84 Å². The summed E-state index contributed by atoms with van der Waals surface area (Å²) in [4.78, 5) is 30.0. The summed E-state index contributed by atoms with van der Waals surface area (Å²) in [5.74, 6) is -4.69. The van der Waals surface area contributed by atoms with Gasteiger partial charge in [-0.1, -0.05) is 29.4 Å². The summed E-state index contributed by atoms with van der Waals surface area (Å²) >= 11 is 0. The predicted molar refractivity (Wildman–Crippen MR) is 113 cm³/mol. The Labute approximate surface area is 181 Å². The second-order valence-corrected chi connectivity index (χ2v) is 7.47. The largest absolute Gasteiger partial charge is 0.339 e. The van der Waals surface area contributed by atoms with E-state index in [0.717, 1.165) is 11.9 Å². The van der Waals surface area contributed by atoms with Crippen molar-refractivity contribution in [3.63, 3.8) is 0 Å². The van der Waals surface area contributed by atoms with Gasteiger partial charge in [-0.2, -0.15) is 15.1 Å². The van der Waals surface area contributed by atoms with E-state index in [1.54, 1.807) is 38.1 Å². The molecule has 164 valence electrons. The van der Waals surface area contributed by atoms with E-state index in [9.17, 15) is 18.4 Å². The van der Waals surface area contributed by atoms with Gasteiger partial charge in [-0.15, -0.1) is 0 Å². The fraction of sp³-hybridized carbons (Fsp3) is 0.227. The van der Waals surface area contributed by atoms with Gasteiger partial charge in [0.05, 0.1) is 11.4 Å². The molecule has 0 saturated heterocycles. The first-order chi connectivity index (χ1) is 15.1. The molecule has 3 aromatic rings. The summed E-state index contributed by atoms with van der Waals surface area (Å²) in [6.45, 7) is 4.00. The van der Waals surface area contributed by atoms with Crippen LogP contribution in [0.2, 0.25) is 0 Å². The van der Waals surface area contributed by atoms with Gasteiger partial charge in [-0.3, -0.25) is 9.59 Å². The number of hydrazone groups is 1. The topological polar surface area (TPSA) is 101 Å². The van der Waals surface area contributed by atoms with E-state index in [2.05, 4.69) is 20.6 Å². The number of halogens is 2. The van der Waals surface area contributed by atoms with Crippen molar-refractivity contribution in [1.82, 2.24) is 10.1 Å². The summed E-state index contributed by atoms with van der Waals surface area (Å²) in [5, 5.41) is 11.8. The Kier molecular flexibility index (Phi) is 5.29. The fourth-order valence-electron chi connectivity index (χ4n) is 3.33. The lowest BCUT2D eigenvalue weighted by Crippen LogP contribution is -2.36. The highest BCUT2D eigenvalue weighted by atomic mass is 19.3. The molecular weight excluding hydrogens is 420 g/mol. The molecule has 2 heterocycles. The molecule has 0 aliphatic carbocycles. The Morgan fingerprint density at radius 1 is 1.16 bits per heavy atom. The zero-order valence-electron chi connectivity index (χ0n) is 17.5. The summed E-state index contributed by atoms with van der Waals surface area (Å²) < 4.78 is 32.2. The van der Waals surface area contributed by atoms with E-state index in [1.807, 2.05) is 0 Å². The van der Waals surface area contributed by atoms with Crippen LogP contribution in [0.3, 0.4) is 0 Å². The molecular formula is C22H19F2N5O3. The minimum absolute atomic E-state index is 0.169. The van der Waals surface area contributed by atoms with Crippen LogP contribution < -0.4 is 10.3 Å². The maximum absolute atomic E-state index is 13.6. The normalized spacial score (nSPS) is 16.3. The van der Waals surface area contributed by atoms with Crippen LogP contribution in [-0.4, -0.2) is 27.7 Å². The Morgan fingerprint density at radius 3 is 2.59 bits per heavy atom. The first kappa shape index (κ1) is 21.3. The summed E-state index contributed by atoms with van der Waals surface area (Å²) in [6.07, 6.45) is 0. The van der Waals surface area contributed by atoms with E-state index in [-0.39, 0.29) is 17.0 Å². The molecule has 1 aromatic heterocycles. The number of aromatic nitrogens is 2.